The van der Waals surface area contributed by atoms with Crippen LogP contribution in [0.25, 0.3) is 0 Å². The van der Waals surface area contributed by atoms with E-state index in [9.17, 15) is 9.59 Å². The van der Waals surface area contributed by atoms with E-state index in [-0.39, 0.29) is 17.7 Å². The van der Waals surface area contributed by atoms with Gasteiger partial charge in [0.25, 0.3) is 5.91 Å². The average molecular weight is 521 g/mol. The summed E-state index contributed by atoms with van der Waals surface area (Å²) in [5, 5.41) is 3.03. The number of carbonyl (C=O) groups is 2. The lowest BCUT2D eigenvalue weighted by Crippen LogP contribution is -2.46. The molecule has 5 rings (SSSR count). The van der Waals surface area contributed by atoms with E-state index in [2.05, 4.69) is 5.32 Å². The smallest absolute Gasteiger partial charge is 0.267 e. The molecule has 0 radical (unpaired) electrons. The molecule has 1 aliphatic rings. The first-order chi connectivity index (χ1) is 19.0. The molecular formula is C33H32N2O4. The number of anilines is 2. The zero-order valence-corrected chi connectivity index (χ0v) is 22.2. The SMILES string of the molecule is Cc1ccc(OCCN2C(=O)C(C)Oc3cc(NC(=O)CC(c4ccccc4)c4ccccc4)ccc32)cc1. The molecule has 6 heteroatoms. The van der Waals surface area contributed by atoms with Gasteiger partial charge in [-0.15, -0.1) is 0 Å². The zero-order chi connectivity index (χ0) is 27.2. The van der Waals surface area contributed by atoms with Crippen LogP contribution in [0.15, 0.2) is 103 Å². The van der Waals surface area contributed by atoms with Gasteiger partial charge < -0.3 is 19.7 Å². The molecule has 2 amide bonds. The van der Waals surface area contributed by atoms with E-state index >= 15 is 0 Å². The Morgan fingerprint density at radius 2 is 1.56 bits per heavy atom. The fourth-order valence-corrected chi connectivity index (χ4v) is 4.80. The van der Waals surface area contributed by atoms with Crippen LogP contribution in [0.1, 0.15) is 36.0 Å². The highest BCUT2D eigenvalue weighted by atomic mass is 16.5. The third kappa shape index (κ3) is 6.29. The second kappa shape index (κ2) is 11.9. The van der Waals surface area contributed by atoms with Gasteiger partial charge in [0.2, 0.25) is 5.91 Å². The number of benzene rings is 4. The zero-order valence-electron chi connectivity index (χ0n) is 22.2. The maximum absolute atomic E-state index is 13.2. The van der Waals surface area contributed by atoms with Crippen molar-refractivity contribution in [1.82, 2.24) is 0 Å². The Morgan fingerprint density at radius 3 is 2.21 bits per heavy atom. The van der Waals surface area contributed by atoms with Crippen molar-refractivity contribution in [2.24, 2.45) is 0 Å². The number of nitrogens with zero attached hydrogens (tertiary/aromatic N) is 1. The van der Waals surface area contributed by atoms with E-state index in [0.717, 1.165) is 22.4 Å². The second-order valence-corrected chi connectivity index (χ2v) is 9.72. The normalized spacial score (nSPS) is 14.5. The summed E-state index contributed by atoms with van der Waals surface area (Å²) in [5.41, 5.74) is 4.62. The average Bonchev–Trinajstić information content (AvgIpc) is 2.96. The van der Waals surface area contributed by atoms with Gasteiger partial charge in [-0.05, 0) is 49.2 Å². The lowest BCUT2D eigenvalue weighted by atomic mass is 9.88. The Hall–Kier alpha value is -4.58. The fourth-order valence-electron chi connectivity index (χ4n) is 4.80. The number of rotatable bonds is 9. The number of carbonyl (C=O) groups excluding carboxylic acids is 2. The molecule has 0 bridgehead atoms. The van der Waals surface area contributed by atoms with Gasteiger partial charge in [-0.1, -0.05) is 78.4 Å². The van der Waals surface area contributed by atoms with Crippen molar-refractivity contribution >= 4 is 23.2 Å². The van der Waals surface area contributed by atoms with Crippen LogP contribution in [-0.4, -0.2) is 31.1 Å². The molecule has 0 saturated heterocycles. The van der Waals surface area contributed by atoms with Crippen LogP contribution in [0, 0.1) is 6.92 Å². The van der Waals surface area contributed by atoms with Crippen LogP contribution in [0.5, 0.6) is 11.5 Å². The predicted molar refractivity (Wildman–Crippen MR) is 154 cm³/mol. The maximum Gasteiger partial charge on any atom is 0.267 e. The van der Waals surface area contributed by atoms with Crippen LogP contribution in [-0.2, 0) is 9.59 Å². The Kier molecular flexibility index (Phi) is 7.92. The van der Waals surface area contributed by atoms with E-state index in [1.165, 1.54) is 0 Å². The van der Waals surface area contributed by atoms with Crippen molar-refractivity contribution in [3.63, 3.8) is 0 Å². The van der Waals surface area contributed by atoms with Crippen LogP contribution in [0.3, 0.4) is 0 Å². The Balaban J connectivity index is 1.28. The van der Waals surface area contributed by atoms with E-state index in [0.29, 0.717) is 36.7 Å². The predicted octanol–water partition coefficient (Wildman–Crippen LogP) is 6.35. The molecule has 0 aliphatic carbocycles. The van der Waals surface area contributed by atoms with Crippen molar-refractivity contribution in [1.29, 1.82) is 0 Å². The Morgan fingerprint density at radius 1 is 0.923 bits per heavy atom. The minimum absolute atomic E-state index is 0.0667. The fraction of sp³-hybridized carbons (Fsp3) is 0.212. The minimum Gasteiger partial charge on any atom is -0.492 e. The van der Waals surface area contributed by atoms with Gasteiger partial charge in [-0.2, -0.15) is 0 Å². The van der Waals surface area contributed by atoms with Crippen molar-refractivity contribution < 1.29 is 19.1 Å². The molecule has 1 aliphatic heterocycles. The van der Waals surface area contributed by atoms with E-state index < -0.39 is 6.10 Å². The lowest BCUT2D eigenvalue weighted by Gasteiger charge is -2.33. The summed E-state index contributed by atoms with van der Waals surface area (Å²) in [5.74, 6) is 1.02. The second-order valence-electron chi connectivity index (χ2n) is 9.72. The van der Waals surface area contributed by atoms with Gasteiger partial charge in [0.05, 0.1) is 12.2 Å². The van der Waals surface area contributed by atoms with Crippen LogP contribution >= 0.6 is 0 Å². The van der Waals surface area contributed by atoms with Crippen LogP contribution < -0.4 is 19.7 Å². The van der Waals surface area contributed by atoms with Crippen LogP contribution in [0.2, 0.25) is 0 Å². The van der Waals surface area contributed by atoms with Gasteiger partial charge in [-0.3, -0.25) is 9.59 Å². The lowest BCUT2D eigenvalue weighted by molar-refractivity contribution is -0.125. The monoisotopic (exact) mass is 520 g/mol. The van der Waals surface area contributed by atoms with Crippen molar-refractivity contribution in [2.75, 3.05) is 23.4 Å². The molecule has 198 valence electrons. The summed E-state index contributed by atoms with van der Waals surface area (Å²) in [4.78, 5) is 27.8. The summed E-state index contributed by atoms with van der Waals surface area (Å²) in [6.07, 6.45) is -0.341. The highest BCUT2D eigenvalue weighted by Gasteiger charge is 2.31. The van der Waals surface area contributed by atoms with E-state index in [1.54, 1.807) is 24.0 Å². The standard InChI is InChI=1S/C33H32N2O4/c1-23-13-16-28(17-14-23)38-20-19-35-30-18-15-27(21-31(30)39-24(2)33(35)37)34-32(36)22-29(25-9-5-3-6-10-25)26-11-7-4-8-12-26/h3-18,21,24,29H,19-20,22H2,1-2H3,(H,34,36). The van der Waals surface area contributed by atoms with E-state index in [1.807, 2.05) is 97.9 Å². The summed E-state index contributed by atoms with van der Waals surface area (Å²) < 4.78 is 11.8. The number of amides is 2. The number of ether oxygens (including phenoxy) is 2. The number of hydrogen-bond acceptors (Lipinski definition) is 4. The first kappa shape index (κ1) is 26.0. The summed E-state index contributed by atoms with van der Waals surface area (Å²) >= 11 is 0. The largest absolute Gasteiger partial charge is 0.492 e. The highest BCUT2D eigenvalue weighted by Crippen LogP contribution is 2.37. The number of hydrogen-bond donors (Lipinski definition) is 1. The minimum atomic E-state index is -0.636. The topological polar surface area (TPSA) is 67.9 Å². The first-order valence-electron chi connectivity index (χ1n) is 13.2. The molecule has 39 heavy (non-hydrogen) atoms. The van der Waals surface area contributed by atoms with Crippen molar-refractivity contribution in [3.8, 4) is 11.5 Å². The van der Waals surface area contributed by atoms with Crippen molar-refractivity contribution in [2.45, 2.75) is 32.3 Å². The molecule has 1 heterocycles. The molecule has 0 fully saturated rings. The number of aryl methyl sites for hydroxylation is 1. The van der Waals surface area contributed by atoms with E-state index in [4.69, 9.17) is 9.47 Å². The molecule has 4 aromatic rings. The molecule has 1 unspecified atom stereocenters. The van der Waals surface area contributed by atoms with Crippen molar-refractivity contribution in [3.05, 3.63) is 120 Å². The third-order valence-electron chi connectivity index (χ3n) is 6.85. The van der Waals surface area contributed by atoms with Crippen LogP contribution in [0.4, 0.5) is 11.4 Å². The van der Waals surface area contributed by atoms with Gasteiger partial charge in [-0.25, -0.2) is 0 Å². The summed E-state index contributed by atoms with van der Waals surface area (Å²) in [6.45, 7) is 4.49. The molecular weight excluding hydrogens is 488 g/mol. The Bertz CT molecular complexity index is 1380. The Labute approximate surface area is 229 Å². The molecule has 0 spiro atoms. The number of nitrogens with one attached hydrogen (secondary N) is 1. The third-order valence-corrected chi connectivity index (χ3v) is 6.85. The quantitative estimate of drug-likeness (QED) is 0.279. The van der Waals surface area contributed by atoms with Gasteiger partial charge in [0.15, 0.2) is 6.10 Å². The van der Waals surface area contributed by atoms with Gasteiger partial charge in [0.1, 0.15) is 18.1 Å². The van der Waals surface area contributed by atoms with Gasteiger partial charge in [0, 0.05) is 24.1 Å². The number of fused-ring (bicyclic) bond motifs is 1. The molecule has 6 nitrogen and oxygen atoms in total. The maximum atomic E-state index is 13.2. The molecule has 4 aromatic carbocycles. The van der Waals surface area contributed by atoms with Gasteiger partial charge >= 0.3 is 0 Å². The summed E-state index contributed by atoms with van der Waals surface area (Å²) in [6, 6.07) is 33.3. The highest BCUT2D eigenvalue weighted by molar-refractivity contribution is 6.00. The summed E-state index contributed by atoms with van der Waals surface area (Å²) in [7, 11) is 0. The first-order valence-corrected chi connectivity index (χ1v) is 13.2. The molecule has 1 N–H and O–H groups in total. The molecule has 0 aromatic heterocycles. The molecule has 0 saturated carbocycles. The molecule has 1 atom stereocenters.